The highest BCUT2D eigenvalue weighted by Crippen LogP contribution is 2.03. The fourth-order valence-corrected chi connectivity index (χ4v) is 2.08. The second kappa shape index (κ2) is 13.9. The molecule has 0 aliphatic heterocycles. The van der Waals surface area contributed by atoms with Gasteiger partial charge >= 0.3 is 12.1 Å². The highest BCUT2D eigenvalue weighted by Gasteiger charge is 2.20. The number of nitrogens with one attached hydrogen (secondary N) is 2. The second-order valence-corrected chi connectivity index (χ2v) is 5.33. The minimum atomic E-state index is -0.730. The minimum Gasteiger partial charge on any atom is -0.467 e. The van der Waals surface area contributed by atoms with Gasteiger partial charge in [-0.3, -0.25) is 4.79 Å². The lowest BCUT2D eigenvalue weighted by Gasteiger charge is -2.16. The van der Waals surface area contributed by atoms with Gasteiger partial charge in [-0.25, -0.2) is 9.59 Å². The van der Waals surface area contributed by atoms with E-state index in [4.69, 9.17) is 10.5 Å². The number of hydrogen-bond acceptors (Lipinski definition) is 6. The van der Waals surface area contributed by atoms with Crippen molar-refractivity contribution < 1.29 is 23.9 Å². The molecule has 0 unspecified atom stereocenters. The molecule has 0 fully saturated rings. The van der Waals surface area contributed by atoms with Crippen molar-refractivity contribution in [3.63, 3.8) is 0 Å². The van der Waals surface area contributed by atoms with E-state index in [-0.39, 0.29) is 25.6 Å². The maximum Gasteiger partial charge on any atom is 0.407 e. The highest BCUT2D eigenvalue weighted by molar-refractivity contribution is 5.85. The lowest BCUT2D eigenvalue weighted by molar-refractivity contribution is -0.145. The molecule has 0 spiro atoms. The summed E-state index contributed by atoms with van der Waals surface area (Å²) in [6, 6.07) is 8.65. The zero-order valence-electron chi connectivity index (χ0n) is 14.7. The summed E-state index contributed by atoms with van der Waals surface area (Å²) in [6.07, 6.45) is 1.15. The van der Waals surface area contributed by atoms with Crippen molar-refractivity contribution in [1.29, 1.82) is 0 Å². The Balaban J connectivity index is 0.00000625. The summed E-state index contributed by atoms with van der Waals surface area (Å²) < 4.78 is 9.73. The number of hydrogen-bond donors (Lipinski definition) is 3. The van der Waals surface area contributed by atoms with Crippen molar-refractivity contribution in [2.24, 2.45) is 5.73 Å². The van der Waals surface area contributed by atoms with Crippen molar-refractivity contribution in [3.8, 4) is 0 Å². The first-order chi connectivity index (χ1) is 12.1. The van der Waals surface area contributed by atoms with Crippen molar-refractivity contribution in [2.75, 3.05) is 20.2 Å². The van der Waals surface area contributed by atoms with Crippen molar-refractivity contribution in [1.82, 2.24) is 10.6 Å². The molecule has 1 aromatic rings. The molecule has 0 radical (unpaired) electrons. The van der Waals surface area contributed by atoms with Gasteiger partial charge in [-0.05, 0) is 24.8 Å². The van der Waals surface area contributed by atoms with Gasteiger partial charge in [0.1, 0.15) is 12.6 Å². The number of esters is 1. The van der Waals surface area contributed by atoms with Crippen LogP contribution >= 0.6 is 12.4 Å². The smallest absolute Gasteiger partial charge is 0.407 e. The van der Waals surface area contributed by atoms with Gasteiger partial charge in [-0.2, -0.15) is 0 Å². The SMILES string of the molecule is COC(=O)[C@H](CCCCNC(=O)OCc1ccccc1)NC(=O)CN.Cl. The van der Waals surface area contributed by atoms with Crippen LogP contribution in [0.15, 0.2) is 30.3 Å². The summed E-state index contributed by atoms with van der Waals surface area (Å²) in [4.78, 5) is 34.5. The maximum atomic E-state index is 11.6. The number of nitrogens with two attached hydrogens (primary N) is 1. The van der Waals surface area contributed by atoms with Crippen molar-refractivity contribution >= 4 is 30.4 Å². The second-order valence-electron chi connectivity index (χ2n) is 5.33. The van der Waals surface area contributed by atoms with E-state index in [1.165, 1.54) is 7.11 Å². The van der Waals surface area contributed by atoms with Gasteiger partial charge in [0.2, 0.25) is 5.91 Å². The molecular formula is C17H26ClN3O5. The molecule has 0 aliphatic carbocycles. The van der Waals surface area contributed by atoms with E-state index in [1.54, 1.807) is 0 Å². The number of amides is 2. The van der Waals surface area contributed by atoms with Gasteiger partial charge in [0.05, 0.1) is 13.7 Å². The first-order valence-electron chi connectivity index (χ1n) is 8.08. The van der Waals surface area contributed by atoms with E-state index < -0.39 is 24.0 Å². The van der Waals surface area contributed by atoms with Crippen LogP contribution < -0.4 is 16.4 Å². The molecule has 0 aromatic heterocycles. The Morgan fingerprint density at radius 2 is 1.85 bits per heavy atom. The fraction of sp³-hybridized carbons (Fsp3) is 0.471. The third kappa shape index (κ3) is 9.85. The van der Waals surface area contributed by atoms with Crippen LogP contribution in [0.3, 0.4) is 0 Å². The molecule has 146 valence electrons. The van der Waals surface area contributed by atoms with Gasteiger partial charge < -0.3 is 25.8 Å². The minimum absolute atomic E-state index is 0. The average molecular weight is 388 g/mol. The Hall–Kier alpha value is -2.32. The van der Waals surface area contributed by atoms with E-state index in [1.807, 2.05) is 30.3 Å². The van der Waals surface area contributed by atoms with Crippen LogP contribution in [0.25, 0.3) is 0 Å². The molecule has 0 saturated heterocycles. The van der Waals surface area contributed by atoms with Gasteiger partial charge in [0.15, 0.2) is 0 Å². The molecule has 0 heterocycles. The summed E-state index contributed by atoms with van der Waals surface area (Å²) >= 11 is 0. The standard InChI is InChI=1S/C17H25N3O5.ClH/c1-24-16(22)14(20-15(21)11-18)9-5-6-10-19-17(23)25-12-13-7-3-2-4-8-13;/h2-4,7-8,14H,5-6,9-12,18H2,1H3,(H,19,23)(H,20,21);1H/t14-;/m0./s1. The molecule has 0 saturated carbocycles. The maximum absolute atomic E-state index is 11.6. The summed E-state index contributed by atoms with van der Waals surface area (Å²) in [6.45, 7) is 0.427. The van der Waals surface area contributed by atoms with Crippen LogP contribution in [0.2, 0.25) is 0 Å². The summed E-state index contributed by atoms with van der Waals surface area (Å²) in [7, 11) is 1.26. The number of ether oxygens (including phenoxy) is 2. The summed E-state index contributed by atoms with van der Waals surface area (Å²) in [5.74, 6) is -0.935. The van der Waals surface area contributed by atoms with Gasteiger partial charge in [0, 0.05) is 6.54 Å². The third-order valence-electron chi connectivity index (χ3n) is 3.41. The number of alkyl carbamates (subject to hydrolysis) is 1. The van der Waals surface area contributed by atoms with Gasteiger partial charge in [-0.1, -0.05) is 30.3 Å². The molecule has 2 amide bonds. The average Bonchev–Trinajstić information content (AvgIpc) is 2.65. The molecule has 0 aliphatic rings. The molecule has 26 heavy (non-hydrogen) atoms. The number of methoxy groups -OCH3 is 1. The molecule has 4 N–H and O–H groups in total. The van der Waals surface area contributed by atoms with Crippen LogP contribution in [0, 0.1) is 0 Å². The number of unbranched alkanes of at least 4 members (excludes halogenated alkanes) is 1. The number of halogens is 1. The molecule has 8 nitrogen and oxygen atoms in total. The van der Waals surface area contributed by atoms with Crippen molar-refractivity contribution in [2.45, 2.75) is 31.9 Å². The van der Waals surface area contributed by atoms with E-state index in [0.717, 1.165) is 5.56 Å². The molecule has 1 aromatic carbocycles. The Morgan fingerprint density at radius 1 is 1.15 bits per heavy atom. The number of benzene rings is 1. The van der Waals surface area contributed by atoms with E-state index in [9.17, 15) is 14.4 Å². The Morgan fingerprint density at radius 3 is 2.46 bits per heavy atom. The van der Waals surface area contributed by atoms with Crippen LogP contribution in [0.4, 0.5) is 4.79 Å². The van der Waals surface area contributed by atoms with Gasteiger partial charge in [0.25, 0.3) is 0 Å². The first-order valence-corrected chi connectivity index (χ1v) is 8.08. The largest absolute Gasteiger partial charge is 0.467 e. The predicted octanol–water partition coefficient (Wildman–Crippen LogP) is 1.12. The van der Waals surface area contributed by atoms with Crippen LogP contribution in [-0.4, -0.2) is 44.2 Å². The quantitative estimate of drug-likeness (QED) is 0.409. The summed E-state index contributed by atoms with van der Waals surface area (Å²) in [5.41, 5.74) is 6.13. The topological polar surface area (TPSA) is 120 Å². The number of carbonyl (C=O) groups excluding carboxylic acids is 3. The molecule has 1 atom stereocenters. The summed E-state index contributed by atoms with van der Waals surface area (Å²) in [5, 5.41) is 5.14. The van der Waals surface area contributed by atoms with E-state index >= 15 is 0 Å². The number of carbonyl (C=O) groups is 3. The van der Waals surface area contributed by atoms with E-state index in [0.29, 0.717) is 25.8 Å². The monoisotopic (exact) mass is 387 g/mol. The van der Waals surface area contributed by atoms with Gasteiger partial charge in [-0.15, -0.1) is 12.4 Å². The Bertz CT molecular complexity index is 557. The van der Waals surface area contributed by atoms with Crippen LogP contribution in [-0.2, 0) is 25.7 Å². The third-order valence-corrected chi connectivity index (χ3v) is 3.41. The normalized spacial score (nSPS) is 10.8. The zero-order valence-corrected chi connectivity index (χ0v) is 15.6. The fourth-order valence-electron chi connectivity index (χ4n) is 2.08. The lowest BCUT2D eigenvalue weighted by atomic mass is 10.1. The molecular weight excluding hydrogens is 362 g/mol. The Kier molecular flexibility index (Phi) is 12.7. The number of rotatable bonds is 10. The first kappa shape index (κ1) is 23.7. The van der Waals surface area contributed by atoms with Crippen molar-refractivity contribution in [3.05, 3.63) is 35.9 Å². The Labute approximate surface area is 159 Å². The lowest BCUT2D eigenvalue weighted by Crippen LogP contribution is -2.44. The van der Waals surface area contributed by atoms with Crippen LogP contribution in [0.5, 0.6) is 0 Å². The molecule has 1 rings (SSSR count). The van der Waals surface area contributed by atoms with E-state index in [2.05, 4.69) is 15.4 Å². The highest BCUT2D eigenvalue weighted by atomic mass is 35.5. The van der Waals surface area contributed by atoms with Crippen LogP contribution in [0.1, 0.15) is 24.8 Å². The molecule has 9 heteroatoms. The molecule has 0 bridgehead atoms. The zero-order chi connectivity index (χ0) is 18.5. The predicted molar refractivity (Wildman–Crippen MR) is 98.7 cm³/mol.